The molecular formula is C15H13F2N5O3S. The van der Waals surface area contributed by atoms with Crippen molar-refractivity contribution in [3.63, 3.8) is 0 Å². The quantitative estimate of drug-likeness (QED) is 0.670. The van der Waals surface area contributed by atoms with Crippen LogP contribution in [0.1, 0.15) is 6.42 Å². The van der Waals surface area contributed by atoms with Crippen molar-refractivity contribution in [1.82, 2.24) is 19.3 Å². The lowest BCUT2D eigenvalue weighted by Crippen LogP contribution is -2.28. The van der Waals surface area contributed by atoms with E-state index in [2.05, 4.69) is 20.2 Å². The number of hydrogen-bond acceptors (Lipinski definition) is 5. The largest absolute Gasteiger partial charge is 0.294 e. The Hall–Kier alpha value is -2.92. The van der Waals surface area contributed by atoms with Crippen LogP contribution >= 0.6 is 0 Å². The maximum absolute atomic E-state index is 13.2. The summed E-state index contributed by atoms with van der Waals surface area (Å²) in [6, 6.07) is 7.43. The molecule has 3 aromatic rings. The fraction of sp³-hybridized carbons (Fsp3) is 0.133. The van der Waals surface area contributed by atoms with Gasteiger partial charge in [-0.25, -0.2) is 21.9 Å². The molecule has 2 heterocycles. The number of carbonyl (C=O) groups is 1. The number of nitrogens with one attached hydrogen (secondary N) is 2. The zero-order chi connectivity index (χ0) is 18.7. The number of benzene rings is 1. The Morgan fingerprint density at radius 2 is 1.92 bits per heavy atom. The standard InChI is InChI=1S/C15H13F2N5O3S/c16-11-5-4-10(9-12(11)17)26(24,25)18-7-6-14(23)19-15-21-20-13-3-1-2-8-22(13)15/h1-5,8-9,18H,6-7H2,(H,19,21,23). The molecule has 0 radical (unpaired) electrons. The maximum atomic E-state index is 13.2. The summed E-state index contributed by atoms with van der Waals surface area (Å²) in [6.07, 6.45) is 1.47. The number of nitrogens with zero attached hydrogens (tertiary/aromatic N) is 3. The lowest BCUT2D eigenvalue weighted by Gasteiger charge is -2.07. The molecule has 0 saturated carbocycles. The van der Waals surface area contributed by atoms with Gasteiger partial charge in [0.2, 0.25) is 21.9 Å². The van der Waals surface area contributed by atoms with Gasteiger partial charge in [-0.2, -0.15) is 0 Å². The Morgan fingerprint density at radius 3 is 2.69 bits per heavy atom. The van der Waals surface area contributed by atoms with E-state index in [0.717, 1.165) is 6.07 Å². The summed E-state index contributed by atoms with van der Waals surface area (Å²) in [7, 11) is -4.06. The van der Waals surface area contributed by atoms with Gasteiger partial charge in [0.05, 0.1) is 4.90 Å². The Balaban J connectivity index is 1.58. The minimum absolute atomic E-state index is 0.190. The van der Waals surface area contributed by atoms with E-state index in [0.29, 0.717) is 17.8 Å². The van der Waals surface area contributed by atoms with Crippen LogP contribution in [0.15, 0.2) is 47.5 Å². The lowest BCUT2D eigenvalue weighted by molar-refractivity contribution is -0.116. The van der Waals surface area contributed by atoms with E-state index in [9.17, 15) is 22.0 Å². The van der Waals surface area contributed by atoms with Crippen LogP contribution in [0.2, 0.25) is 0 Å². The molecule has 0 aliphatic heterocycles. The molecule has 3 rings (SSSR count). The molecule has 0 fully saturated rings. The number of rotatable bonds is 6. The predicted molar refractivity (Wildman–Crippen MR) is 87.8 cm³/mol. The summed E-state index contributed by atoms with van der Waals surface area (Å²) < 4.78 is 53.8. The number of amides is 1. The molecule has 0 atom stereocenters. The van der Waals surface area contributed by atoms with Gasteiger partial charge in [0, 0.05) is 19.2 Å². The number of hydrogen-bond donors (Lipinski definition) is 2. The number of halogens is 2. The van der Waals surface area contributed by atoms with E-state index < -0.39 is 32.5 Å². The van der Waals surface area contributed by atoms with Crippen LogP contribution in [0.3, 0.4) is 0 Å². The highest BCUT2D eigenvalue weighted by molar-refractivity contribution is 7.89. The van der Waals surface area contributed by atoms with Crippen molar-refractivity contribution < 1.29 is 22.0 Å². The van der Waals surface area contributed by atoms with Gasteiger partial charge < -0.3 is 0 Å². The van der Waals surface area contributed by atoms with Gasteiger partial charge in [-0.1, -0.05) is 6.07 Å². The maximum Gasteiger partial charge on any atom is 0.240 e. The van der Waals surface area contributed by atoms with E-state index >= 15 is 0 Å². The van der Waals surface area contributed by atoms with Gasteiger partial charge >= 0.3 is 0 Å². The molecule has 8 nitrogen and oxygen atoms in total. The van der Waals surface area contributed by atoms with Crippen LogP contribution in [-0.2, 0) is 14.8 Å². The minimum atomic E-state index is -4.06. The molecular weight excluding hydrogens is 368 g/mol. The van der Waals surface area contributed by atoms with E-state index in [-0.39, 0.29) is 18.9 Å². The van der Waals surface area contributed by atoms with Crippen LogP contribution in [-0.4, -0.2) is 35.5 Å². The van der Waals surface area contributed by atoms with Crippen molar-refractivity contribution in [2.45, 2.75) is 11.3 Å². The smallest absolute Gasteiger partial charge is 0.240 e. The van der Waals surface area contributed by atoms with Crippen LogP contribution in [0.4, 0.5) is 14.7 Å². The topological polar surface area (TPSA) is 105 Å². The fourth-order valence-electron chi connectivity index (χ4n) is 2.14. The molecule has 0 unspecified atom stereocenters. The molecule has 2 aromatic heterocycles. The highest BCUT2D eigenvalue weighted by Gasteiger charge is 2.17. The number of aromatic nitrogens is 3. The summed E-state index contributed by atoms with van der Waals surface area (Å²) in [5.41, 5.74) is 0.543. The van der Waals surface area contributed by atoms with E-state index in [4.69, 9.17) is 0 Å². The second-order valence-corrected chi connectivity index (χ2v) is 6.99. The van der Waals surface area contributed by atoms with E-state index in [1.807, 2.05) is 0 Å². The SMILES string of the molecule is O=C(CCNS(=O)(=O)c1ccc(F)c(F)c1)Nc1nnc2ccccn12. The fourth-order valence-corrected chi connectivity index (χ4v) is 3.18. The molecule has 136 valence electrons. The Morgan fingerprint density at radius 1 is 1.12 bits per heavy atom. The third kappa shape index (κ3) is 3.83. The first kappa shape index (κ1) is 17.9. The zero-order valence-electron chi connectivity index (χ0n) is 13.2. The summed E-state index contributed by atoms with van der Waals surface area (Å²) in [6.45, 7) is -0.232. The van der Waals surface area contributed by atoms with Crippen molar-refractivity contribution >= 4 is 27.5 Å². The number of pyridine rings is 1. The van der Waals surface area contributed by atoms with Crippen molar-refractivity contribution in [2.24, 2.45) is 0 Å². The first-order valence-corrected chi connectivity index (χ1v) is 8.89. The van der Waals surface area contributed by atoms with Gasteiger partial charge in [-0.3, -0.25) is 14.5 Å². The third-order valence-corrected chi connectivity index (χ3v) is 4.87. The van der Waals surface area contributed by atoms with Crippen molar-refractivity contribution in [3.05, 3.63) is 54.2 Å². The molecule has 0 spiro atoms. The third-order valence-electron chi connectivity index (χ3n) is 3.41. The predicted octanol–water partition coefficient (Wildman–Crippen LogP) is 1.31. The summed E-state index contributed by atoms with van der Waals surface area (Å²) in [4.78, 5) is 11.5. The van der Waals surface area contributed by atoms with E-state index in [1.165, 1.54) is 0 Å². The normalized spacial score (nSPS) is 11.6. The summed E-state index contributed by atoms with van der Waals surface area (Å²) in [5, 5.41) is 10.2. The van der Waals surface area contributed by atoms with E-state index in [1.54, 1.807) is 28.8 Å². The van der Waals surface area contributed by atoms with Crippen molar-refractivity contribution in [3.8, 4) is 0 Å². The van der Waals surface area contributed by atoms with Gasteiger partial charge in [-0.05, 0) is 30.3 Å². The first-order chi connectivity index (χ1) is 12.4. The Bertz CT molecular complexity index is 1070. The first-order valence-electron chi connectivity index (χ1n) is 7.41. The summed E-state index contributed by atoms with van der Waals surface area (Å²) in [5.74, 6) is -2.71. The monoisotopic (exact) mass is 381 g/mol. The van der Waals surface area contributed by atoms with Crippen LogP contribution in [0, 0.1) is 11.6 Å². The Kier molecular flexibility index (Phi) is 4.91. The van der Waals surface area contributed by atoms with Gasteiger partial charge in [0.1, 0.15) is 0 Å². The molecule has 0 bridgehead atoms. The average molecular weight is 381 g/mol. The van der Waals surface area contributed by atoms with Gasteiger partial charge in [-0.15, -0.1) is 10.2 Å². The Labute approximate surface area is 146 Å². The molecule has 0 aliphatic rings. The highest BCUT2D eigenvalue weighted by atomic mass is 32.2. The number of sulfonamides is 1. The molecule has 2 N–H and O–H groups in total. The lowest BCUT2D eigenvalue weighted by atomic mass is 10.3. The molecule has 1 amide bonds. The van der Waals surface area contributed by atoms with Crippen molar-refractivity contribution in [2.75, 3.05) is 11.9 Å². The zero-order valence-corrected chi connectivity index (χ0v) is 14.0. The molecule has 0 aliphatic carbocycles. The average Bonchev–Trinajstić information content (AvgIpc) is 3.00. The van der Waals surface area contributed by atoms with Crippen LogP contribution in [0.25, 0.3) is 5.65 Å². The number of fused-ring (bicyclic) bond motifs is 1. The minimum Gasteiger partial charge on any atom is -0.294 e. The number of anilines is 1. The molecule has 11 heteroatoms. The van der Waals surface area contributed by atoms with Crippen LogP contribution < -0.4 is 10.0 Å². The van der Waals surface area contributed by atoms with Gasteiger partial charge in [0.15, 0.2) is 17.3 Å². The molecule has 26 heavy (non-hydrogen) atoms. The second kappa shape index (κ2) is 7.14. The molecule has 0 saturated heterocycles. The highest BCUT2D eigenvalue weighted by Crippen LogP contribution is 2.13. The number of carbonyl (C=O) groups excluding carboxylic acids is 1. The van der Waals surface area contributed by atoms with Crippen molar-refractivity contribution in [1.29, 1.82) is 0 Å². The molecule has 1 aromatic carbocycles. The summed E-state index contributed by atoms with van der Waals surface area (Å²) >= 11 is 0. The second-order valence-electron chi connectivity index (χ2n) is 5.22. The van der Waals surface area contributed by atoms with Gasteiger partial charge in [0.25, 0.3) is 0 Å². The van der Waals surface area contributed by atoms with Crippen LogP contribution in [0.5, 0.6) is 0 Å².